The smallest absolute Gasteiger partial charge is 0.0736 e. The molecule has 0 aliphatic carbocycles. The number of nitrogens with zero attached hydrogens (tertiary/aromatic N) is 2. The molecule has 2 nitrogen and oxygen atoms in total. The maximum absolute atomic E-state index is 4.16. The summed E-state index contributed by atoms with van der Waals surface area (Å²) in [6.45, 7) is 0. The number of hydrogen-bond donors (Lipinski definition) is 0. The quantitative estimate of drug-likeness (QED) is 0.622. The highest BCUT2D eigenvalue weighted by Crippen LogP contribution is 2.53. The van der Waals surface area contributed by atoms with Crippen molar-refractivity contribution in [2.75, 3.05) is 10.8 Å². The minimum Gasteiger partial charge on any atom is -0.329 e. The Kier molecular flexibility index (Phi) is 2.82. The van der Waals surface area contributed by atoms with E-state index in [0.29, 0.717) is 0 Å². The van der Waals surface area contributed by atoms with Crippen LogP contribution in [0.5, 0.6) is 0 Å². The van der Waals surface area contributed by atoms with Crippen molar-refractivity contribution in [3.05, 3.63) is 84.2 Å². The van der Waals surface area contributed by atoms with E-state index in [4.69, 9.17) is 0 Å². The standard InChI is InChI=1S/C20H14N2S/c1-2-7-17-15(5-1)16-6-3-4-8-18(16)22-13-23-20(19(17)22)14-9-11-21-12-10-14/h1-12H,13H2. The van der Waals surface area contributed by atoms with Crippen molar-refractivity contribution in [2.45, 2.75) is 0 Å². The first kappa shape index (κ1) is 13.0. The Morgan fingerprint density at radius 1 is 0.783 bits per heavy atom. The number of anilines is 1. The van der Waals surface area contributed by atoms with E-state index in [9.17, 15) is 0 Å². The third kappa shape index (κ3) is 1.87. The predicted octanol–water partition coefficient (Wildman–Crippen LogP) is 5.10. The summed E-state index contributed by atoms with van der Waals surface area (Å²) in [6.07, 6.45) is 3.74. The van der Waals surface area contributed by atoms with Crippen molar-refractivity contribution in [1.82, 2.24) is 4.98 Å². The molecule has 0 atom stereocenters. The van der Waals surface area contributed by atoms with E-state index in [2.05, 4.69) is 70.5 Å². The van der Waals surface area contributed by atoms with Crippen LogP contribution >= 0.6 is 11.8 Å². The van der Waals surface area contributed by atoms with Gasteiger partial charge in [-0.1, -0.05) is 42.5 Å². The minimum absolute atomic E-state index is 0.957. The fourth-order valence-electron chi connectivity index (χ4n) is 3.43. The van der Waals surface area contributed by atoms with E-state index >= 15 is 0 Å². The minimum atomic E-state index is 0.957. The van der Waals surface area contributed by atoms with Crippen molar-refractivity contribution >= 4 is 28.1 Å². The Balaban J connectivity index is 1.83. The molecule has 0 bridgehead atoms. The molecule has 1 aromatic heterocycles. The van der Waals surface area contributed by atoms with Gasteiger partial charge in [0.05, 0.1) is 11.6 Å². The third-order valence-electron chi connectivity index (χ3n) is 4.43. The Labute approximate surface area is 139 Å². The number of hydrogen-bond acceptors (Lipinski definition) is 3. The zero-order chi connectivity index (χ0) is 15.2. The number of benzene rings is 2. The molecular weight excluding hydrogens is 300 g/mol. The molecule has 110 valence electrons. The zero-order valence-electron chi connectivity index (χ0n) is 12.4. The van der Waals surface area contributed by atoms with Gasteiger partial charge >= 0.3 is 0 Å². The van der Waals surface area contributed by atoms with Crippen LogP contribution in [0.1, 0.15) is 11.1 Å². The molecule has 2 aliphatic heterocycles. The summed E-state index contributed by atoms with van der Waals surface area (Å²) in [6, 6.07) is 21.6. The third-order valence-corrected chi connectivity index (χ3v) is 5.54. The number of para-hydroxylation sites is 1. The van der Waals surface area contributed by atoms with Crippen LogP contribution in [-0.4, -0.2) is 10.9 Å². The van der Waals surface area contributed by atoms with Crippen LogP contribution in [0.4, 0.5) is 5.69 Å². The van der Waals surface area contributed by atoms with Gasteiger partial charge in [-0.25, -0.2) is 0 Å². The monoisotopic (exact) mass is 314 g/mol. The second kappa shape index (κ2) is 5.00. The van der Waals surface area contributed by atoms with Crippen molar-refractivity contribution in [2.24, 2.45) is 0 Å². The molecule has 2 aliphatic rings. The normalized spacial score (nSPS) is 15.2. The molecule has 0 fully saturated rings. The van der Waals surface area contributed by atoms with Crippen LogP contribution in [0.25, 0.3) is 21.7 Å². The van der Waals surface area contributed by atoms with E-state index in [1.54, 1.807) is 0 Å². The largest absolute Gasteiger partial charge is 0.329 e. The molecular formula is C20H14N2S. The van der Waals surface area contributed by atoms with E-state index in [-0.39, 0.29) is 0 Å². The first-order valence-corrected chi connectivity index (χ1v) is 8.66. The summed E-state index contributed by atoms with van der Waals surface area (Å²) in [5.74, 6) is 0.957. The number of pyridine rings is 1. The van der Waals surface area contributed by atoms with Gasteiger partial charge in [0.15, 0.2) is 0 Å². The predicted molar refractivity (Wildman–Crippen MR) is 97.9 cm³/mol. The molecule has 0 amide bonds. The molecule has 3 aromatic rings. The van der Waals surface area contributed by atoms with Gasteiger partial charge in [0.2, 0.25) is 0 Å². The first-order valence-electron chi connectivity index (χ1n) is 7.67. The second-order valence-electron chi connectivity index (χ2n) is 5.68. The molecule has 23 heavy (non-hydrogen) atoms. The van der Waals surface area contributed by atoms with Gasteiger partial charge in [0.1, 0.15) is 0 Å². The molecule has 0 saturated carbocycles. The van der Waals surface area contributed by atoms with Gasteiger partial charge in [0.25, 0.3) is 0 Å². The molecule has 0 unspecified atom stereocenters. The summed E-state index contributed by atoms with van der Waals surface area (Å²) in [5, 5.41) is 0. The average molecular weight is 314 g/mol. The van der Waals surface area contributed by atoms with Crippen molar-refractivity contribution in [3.63, 3.8) is 0 Å². The second-order valence-corrected chi connectivity index (χ2v) is 6.63. The van der Waals surface area contributed by atoms with Crippen LogP contribution in [0.2, 0.25) is 0 Å². The van der Waals surface area contributed by atoms with E-state index < -0.39 is 0 Å². The summed E-state index contributed by atoms with van der Waals surface area (Å²) in [4.78, 5) is 7.94. The summed E-state index contributed by atoms with van der Waals surface area (Å²) >= 11 is 1.91. The van der Waals surface area contributed by atoms with Crippen molar-refractivity contribution in [1.29, 1.82) is 0 Å². The topological polar surface area (TPSA) is 16.1 Å². The lowest BCUT2D eigenvalue weighted by molar-refractivity contribution is 1.18. The fourth-order valence-corrected chi connectivity index (χ4v) is 4.61. The number of rotatable bonds is 1. The highest BCUT2D eigenvalue weighted by molar-refractivity contribution is 8.09. The Bertz CT molecular complexity index is 931. The fraction of sp³-hybridized carbons (Fsp3) is 0.0500. The lowest BCUT2D eigenvalue weighted by atomic mass is 9.90. The molecule has 3 heterocycles. The van der Waals surface area contributed by atoms with Crippen molar-refractivity contribution < 1.29 is 0 Å². The molecule has 0 spiro atoms. The molecule has 5 rings (SSSR count). The molecule has 3 heteroatoms. The van der Waals surface area contributed by atoms with E-state index in [1.165, 1.54) is 38.5 Å². The number of thioether (sulfide) groups is 1. The van der Waals surface area contributed by atoms with Crippen molar-refractivity contribution in [3.8, 4) is 11.1 Å². The highest BCUT2D eigenvalue weighted by atomic mass is 32.2. The Hall–Kier alpha value is -2.52. The van der Waals surface area contributed by atoms with Crippen LogP contribution in [-0.2, 0) is 0 Å². The van der Waals surface area contributed by atoms with Crippen LogP contribution < -0.4 is 4.90 Å². The van der Waals surface area contributed by atoms with Crippen LogP contribution in [0.3, 0.4) is 0 Å². The number of aromatic nitrogens is 1. The Morgan fingerprint density at radius 3 is 2.30 bits per heavy atom. The van der Waals surface area contributed by atoms with E-state index in [1.807, 2.05) is 24.2 Å². The molecule has 0 saturated heterocycles. The van der Waals surface area contributed by atoms with Gasteiger partial charge in [-0.05, 0) is 29.3 Å². The van der Waals surface area contributed by atoms with Crippen LogP contribution in [0, 0.1) is 0 Å². The summed E-state index contributed by atoms with van der Waals surface area (Å²) < 4.78 is 0. The molecule has 0 N–H and O–H groups in total. The lowest BCUT2D eigenvalue weighted by Crippen LogP contribution is -2.21. The molecule has 0 radical (unpaired) electrons. The Morgan fingerprint density at radius 2 is 1.48 bits per heavy atom. The SMILES string of the molecule is c1ccc2c(c1)C1=C(c3ccncc3)SCN1c1ccccc1-2. The van der Waals surface area contributed by atoms with Gasteiger partial charge in [-0.3, -0.25) is 4.98 Å². The summed E-state index contributed by atoms with van der Waals surface area (Å²) in [5.41, 5.74) is 7.85. The number of fused-ring (bicyclic) bond motifs is 6. The van der Waals surface area contributed by atoms with Crippen LogP contribution in [0.15, 0.2) is 73.1 Å². The van der Waals surface area contributed by atoms with Gasteiger partial charge in [0, 0.05) is 34.1 Å². The first-order chi connectivity index (χ1) is 11.4. The summed E-state index contributed by atoms with van der Waals surface area (Å²) in [7, 11) is 0. The van der Waals surface area contributed by atoms with E-state index in [0.717, 1.165) is 5.88 Å². The zero-order valence-corrected chi connectivity index (χ0v) is 13.3. The van der Waals surface area contributed by atoms with Gasteiger partial charge in [-0.2, -0.15) is 0 Å². The maximum atomic E-state index is 4.16. The lowest BCUT2D eigenvalue weighted by Gasteiger charge is -2.31. The van der Waals surface area contributed by atoms with Gasteiger partial charge in [-0.15, -0.1) is 11.8 Å². The molecule has 2 aromatic carbocycles. The average Bonchev–Trinajstić information content (AvgIpc) is 3.08. The maximum Gasteiger partial charge on any atom is 0.0736 e. The van der Waals surface area contributed by atoms with Gasteiger partial charge < -0.3 is 4.90 Å². The highest BCUT2D eigenvalue weighted by Gasteiger charge is 2.33.